The smallest absolute Gasteiger partial charge is 0.270 e. The maximum Gasteiger partial charge on any atom is 0.270 e. The molecule has 1 aliphatic heterocycles. The van der Waals surface area contributed by atoms with Crippen LogP contribution in [0.25, 0.3) is 5.65 Å². The Morgan fingerprint density at radius 2 is 1.93 bits per heavy atom. The second-order valence-electron chi connectivity index (χ2n) is 9.04. The van der Waals surface area contributed by atoms with Crippen molar-refractivity contribution < 1.29 is 4.79 Å². The lowest BCUT2D eigenvalue weighted by molar-refractivity contribution is -0.0584. The number of likely N-dealkylation sites (tertiary alicyclic amines) is 1. The van der Waals surface area contributed by atoms with Crippen molar-refractivity contribution in [3.05, 3.63) is 70.1 Å². The number of hydrogen-bond acceptors (Lipinski definition) is 3. The molecule has 0 atom stereocenters. The van der Waals surface area contributed by atoms with Gasteiger partial charge in [-0.25, -0.2) is 4.98 Å². The van der Waals surface area contributed by atoms with Crippen molar-refractivity contribution in [2.45, 2.75) is 38.6 Å². The summed E-state index contributed by atoms with van der Waals surface area (Å²) in [5, 5.41) is 3.63. The van der Waals surface area contributed by atoms with Gasteiger partial charge in [0.15, 0.2) is 0 Å². The summed E-state index contributed by atoms with van der Waals surface area (Å²) in [4.78, 5) is 19.9. The molecule has 1 saturated carbocycles. The predicted octanol–water partition coefficient (Wildman–Crippen LogP) is 4.29. The molecule has 6 heteroatoms. The molecule has 1 aromatic carbocycles. The Morgan fingerprint density at radius 3 is 2.60 bits per heavy atom. The molecule has 1 saturated heterocycles. The minimum atomic E-state index is -0.124. The normalized spacial score (nSPS) is 18.4. The lowest BCUT2D eigenvalue weighted by atomic mass is 9.56. The third kappa shape index (κ3) is 3.40. The molecule has 156 valence electrons. The van der Waals surface area contributed by atoms with Gasteiger partial charge in [0.1, 0.15) is 11.3 Å². The van der Waals surface area contributed by atoms with Crippen LogP contribution in [0, 0.1) is 5.41 Å². The van der Waals surface area contributed by atoms with E-state index in [1.54, 1.807) is 16.7 Å². The molecule has 1 amide bonds. The third-order valence-corrected chi connectivity index (χ3v) is 6.90. The average Bonchev–Trinajstić information content (AvgIpc) is 3.06. The molecule has 3 aromatic rings. The first-order valence-corrected chi connectivity index (χ1v) is 11.1. The van der Waals surface area contributed by atoms with E-state index < -0.39 is 0 Å². The molecule has 1 aliphatic carbocycles. The number of carbonyl (C=O) groups is 1. The number of pyridine rings is 1. The second-order valence-corrected chi connectivity index (χ2v) is 9.47. The number of imidazole rings is 1. The van der Waals surface area contributed by atoms with E-state index >= 15 is 0 Å². The summed E-state index contributed by atoms with van der Waals surface area (Å²) in [6.07, 6.45) is 5.06. The quantitative estimate of drug-likeness (QED) is 0.667. The Kier molecular flexibility index (Phi) is 4.83. The average molecular weight is 423 g/mol. The van der Waals surface area contributed by atoms with Crippen LogP contribution in [0.3, 0.4) is 0 Å². The van der Waals surface area contributed by atoms with Gasteiger partial charge in [0.25, 0.3) is 5.91 Å². The summed E-state index contributed by atoms with van der Waals surface area (Å²) in [6.45, 7) is 5.00. The lowest BCUT2D eigenvalue weighted by Crippen LogP contribution is -2.59. The zero-order valence-corrected chi connectivity index (χ0v) is 18.2. The number of nitrogens with zero attached hydrogens (tertiary/aromatic N) is 3. The molecule has 5 nitrogen and oxygen atoms in total. The molecule has 0 unspecified atom stereocenters. The fourth-order valence-corrected chi connectivity index (χ4v) is 5.47. The topological polar surface area (TPSA) is 49.6 Å². The zero-order chi connectivity index (χ0) is 20.9. The molecule has 2 fully saturated rings. The maximum absolute atomic E-state index is 12.9. The van der Waals surface area contributed by atoms with Crippen LogP contribution in [0.4, 0.5) is 0 Å². The van der Waals surface area contributed by atoms with Crippen LogP contribution in [0.5, 0.6) is 0 Å². The molecular formula is C24H27ClN4O. The number of aromatic nitrogens is 2. The minimum Gasteiger partial charge on any atom is -0.347 e. The summed E-state index contributed by atoms with van der Waals surface area (Å²) in [5.41, 5.74) is 5.22. The first kappa shape index (κ1) is 19.6. The monoisotopic (exact) mass is 422 g/mol. The summed E-state index contributed by atoms with van der Waals surface area (Å²) in [7, 11) is 2.20. The van der Waals surface area contributed by atoms with Gasteiger partial charge in [0.05, 0.1) is 10.7 Å². The molecule has 2 aliphatic rings. The molecule has 0 bridgehead atoms. The summed E-state index contributed by atoms with van der Waals surface area (Å²) < 4.78 is 1.78. The van der Waals surface area contributed by atoms with Gasteiger partial charge < -0.3 is 10.2 Å². The number of rotatable bonds is 5. The number of amides is 1. The Hall–Kier alpha value is -2.37. The second kappa shape index (κ2) is 7.40. The number of halogens is 1. The van der Waals surface area contributed by atoms with Gasteiger partial charge in [0, 0.05) is 25.8 Å². The molecule has 5 rings (SSSR count). The highest BCUT2D eigenvalue weighted by Crippen LogP contribution is 2.55. The Labute approximate surface area is 182 Å². The van der Waals surface area contributed by atoms with Crippen molar-refractivity contribution in [2.24, 2.45) is 5.41 Å². The summed E-state index contributed by atoms with van der Waals surface area (Å²) >= 11 is 6.13. The molecule has 30 heavy (non-hydrogen) atoms. The van der Waals surface area contributed by atoms with Gasteiger partial charge in [-0.15, -0.1) is 0 Å². The Morgan fingerprint density at radius 1 is 1.20 bits per heavy atom. The maximum atomic E-state index is 12.9. The van der Waals surface area contributed by atoms with E-state index in [1.165, 1.54) is 31.5 Å². The van der Waals surface area contributed by atoms with Gasteiger partial charge >= 0.3 is 0 Å². The van der Waals surface area contributed by atoms with Gasteiger partial charge in [-0.1, -0.05) is 42.8 Å². The van der Waals surface area contributed by atoms with Crippen molar-refractivity contribution in [2.75, 3.05) is 20.1 Å². The molecule has 1 spiro atoms. The number of fused-ring (bicyclic) bond motifs is 1. The van der Waals surface area contributed by atoms with E-state index in [2.05, 4.69) is 46.5 Å². The van der Waals surface area contributed by atoms with Crippen LogP contribution in [0.1, 0.15) is 53.0 Å². The molecule has 2 aromatic heterocycles. The van der Waals surface area contributed by atoms with Crippen molar-refractivity contribution in [3.8, 4) is 0 Å². The Balaban J connectivity index is 1.24. The van der Waals surface area contributed by atoms with Crippen molar-refractivity contribution in [3.63, 3.8) is 0 Å². The Bertz CT molecular complexity index is 1090. The largest absolute Gasteiger partial charge is 0.347 e. The van der Waals surface area contributed by atoms with Crippen LogP contribution in [0.15, 0.2) is 42.6 Å². The SMILES string of the molecule is CCc1nc2ccc(Cl)cn2c1C(=O)NCc1ccc(C2CC3(C2)CN(C)C3)cc1. The van der Waals surface area contributed by atoms with Crippen LogP contribution in [-0.4, -0.2) is 40.3 Å². The first-order valence-electron chi connectivity index (χ1n) is 10.7. The molecule has 0 radical (unpaired) electrons. The number of benzene rings is 1. The first-order chi connectivity index (χ1) is 14.5. The van der Waals surface area contributed by atoms with E-state index in [0.29, 0.717) is 35.0 Å². The standard InChI is InChI=1S/C24H27ClN4O/c1-3-20-22(29-13-19(25)8-9-21(29)27-20)23(30)26-12-16-4-6-17(7-5-16)18-10-24(11-18)14-28(2)15-24/h4-9,13,18H,3,10-12,14-15H2,1-2H3,(H,26,30). The van der Waals surface area contributed by atoms with Gasteiger partial charge in [-0.3, -0.25) is 9.20 Å². The van der Waals surface area contributed by atoms with Crippen molar-refractivity contribution in [1.29, 1.82) is 0 Å². The molecule has 3 heterocycles. The van der Waals surface area contributed by atoms with Crippen LogP contribution in [-0.2, 0) is 13.0 Å². The lowest BCUT2D eigenvalue weighted by Gasteiger charge is -2.58. The fraction of sp³-hybridized carbons (Fsp3) is 0.417. The van der Waals surface area contributed by atoms with Crippen LogP contribution >= 0.6 is 11.6 Å². The fourth-order valence-electron chi connectivity index (χ4n) is 5.31. The highest BCUT2D eigenvalue weighted by Gasteiger charge is 2.51. The van der Waals surface area contributed by atoms with Gasteiger partial charge in [0.2, 0.25) is 0 Å². The highest BCUT2D eigenvalue weighted by molar-refractivity contribution is 6.30. The van der Waals surface area contributed by atoms with E-state index in [-0.39, 0.29) is 5.91 Å². The number of hydrogen-bond donors (Lipinski definition) is 1. The van der Waals surface area contributed by atoms with E-state index in [9.17, 15) is 4.79 Å². The summed E-state index contributed by atoms with van der Waals surface area (Å²) in [5.74, 6) is 0.568. The van der Waals surface area contributed by atoms with E-state index in [1.807, 2.05) is 13.0 Å². The van der Waals surface area contributed by atoms with Gasteiger partial charge in [-0.05, 0) is 60.9 Å². The van der Waals surface area contributed by atoms with Gasteiger partial charge in [-0.2, -0.15) is 0 Å². The summed E-state index contributed by atoms with van der Waals surface area (Å²) in [6, 6.07) is 12.4. The number of nitrogens with one attached hydrogen (secondary N) is 1. The van der Waals surface area contributed by atoms with Crippen LogP contribution < -0.4 is 5.32 Å². The predicted molar refractivity (Wildman–Crippen MR) is 119 cm³/mol. The number of carbonyl (C=O) groups excluding carboxylic acids is 1. The van der Waals surface area contributed by atoms with E-state index in [4.69, 9.17) is 11.6 Å². The van der Waals surface area contributed by atoms with Crippen molar-refractivity contribution in [1.82, 2.24) is 19.6 Å². The van der Waals surface area contributed by atoms with Crippen molar-refractivity contribution >= 4 is 23.2 Å². The third-order valence-electron chi connectivity index (χ3n) is 6.68. The zero-order valence-electron chi connectivity index (χ0n) is 17.5. The molecule has 1 N–H and O–H groups in total. The molecular weight excluding hydrogens is 396 g/mol. The number of aryl methyl sites for hydroxylation is 1. The highest BCUT2D eigenvalue weighted by atomic mass is 35.5. The minimum absolute atomic E-state index is 0.124. The van der Waals surface area contributed by atoms with Crippen LogP contribution in [0.2, 0.25) is 5.02 Å². The van der Waals surface area contributed by atoms with E-state index in [0.717, 1.165) is 16.9 Å².